The van der Waals surface area contributed by atoms with Gasteiger partial charge in [-0.1, -0.05) is 35.3 Å². The fourth-order valence-electron chi connectivity index (χ4n) is 3.11. The summed E-state index contributed by atoms with van der Waals surface area (Å²) in [6, 6.07) is 11.0. The number of hydrogen-bond donors (Lipinski definition) is 1. The van der Waals surface area contributed by atoms with Crippen LogP contribution in [0.1, 0.15) is 24.3 Å². The Morgan fingerprint density at radius 2 is 1.93 bits per heavy atom. The summed E-state index contributed by atoms with van der Waals surface area (Å²) in [5.74, 6) is 2.12. The number of nitrogens with one attached hydrogen (secondary N) is 1. The van der Waals surface area contributed by atoms with Gasteiger partial charge in [-0.2, -0.15) is 0 Å². The highest BCUT2D eigenvalue weighted by Gasteiger charge is 2.16. The largest absolute Gasteiger partial charge is 0.489 e. The molecule has 1 aliphatic heterocycles. The molecule has 156 valence electrons. The zero-order valence-electron chi connectivity index (χ0n) is 16.1. The molecule has 0 radical (unpaired) electrons. The number of aromatic nitrogens is 1. The molecule has 6 nitrogen and oxygen atoms in total. The number of amides is 1. The molecule has 4 rings (SSSR count). The Bertz CT molecular complexity index is 1050. The summed E-state index contributed by atoms with van der Waals surface area (Å²) in [7, 11) is 0. The van der Waals surface area contributed by atoms with Crippen molar-refractivity contribution >= 4 is 29.1 Å². The van der Waals surface area contributed by atoms with Crippen molar-refractivity contribution < 1.29 is 18.7 Å². The van der Waals surface area contributed by atoms with Crippen molar-refractivity contribution in [2.45, 2.75) is 25.8 Å². The quantitative estimate of drug-likeness (QED) is 0.572. The molecule has 2 heterocycles. The van der Waals surface area contributed by atoms with Gasteiger partial charge in [-0.15, -0.1) is 0 Å². The minimum atomic E-state index is -0.115. The molecule has 1 aromatic heterocycles. The van der Waals surface area contributed by atoms with Crippen LogP contribution >= 0.6 is 23.2 Å². The van der Waals surface area contributed by atoms with Crippen LogP contribution in [0.5, 0.6) is 11.5 Å². The first-order valence-corrected chi connectivity index (χ1v) is 10.4. The van der Waals surface area contributed by atoms with Crippen LogP contribution in [-0.4, -0.2) is 24.1 Å². The van der Waals surface area contributed by atoms with E-state index in [1.165, 1.54) is 0 Å². The van der Waals surface area contributed by atoms with Gasteiger partial charge in [0.1, 0.15) is 0 Å². The van der Waals surface area contributed by atoms with E-state index < -0.39 is 0 Å². The molecule has 2 aromatic carbocycles. The van der Waals surface area contributed by atoms with Gasteiger partial charge in [-0.05, 0) is 29.8 Å². The first-order valence-electron chi connectivity index (χ1n) is 9.64. The van der Waals surface area contributed by atoms with Gasteiger partial charge in [-0.3, -0.25) is 4.79 Å². The second kappa shape index (κ2) is 9.41. The molecular weight excluding hydrogens is 427 g/mol. The van der Waals surface area contributed by atoms with Crippen LogP contribution in [0.4, 0.5) is 0 Å². The van der Waals surface area contributed by atoms with Gasteiger partial charge in [0.2, 0.25) is 5.91 Å². The summed E-state index contributed by atoms with van der Waals surface area (Å²) < 4.78 is 17.0. The molecule has 0 saturated heterocycles. The second-order valence-corrected chi connectivity index (χ2v) is 7.64. The van der Waals surface area contributed by atoms with Gasteiger partial charge in [-0.25, -0.2) is 4.98 Å². The van der Waals surface area contributed by atoms with E-state index in [2.05, 4.69) is 10.3 Å². The predicted octanol–water partition coefficient (Wildman–Crippen LogP) is 5.06. The van der Waals surface area contributed by atoms with Gasteiger partial charge in [0.25, 0.3) is 0 Å². The fourth-order valence-corrected chi connectivity index (χ4v) is 3.62. The molecule has 0 atom stereocenters. The highest BCUT2D eigenvalue weighted by Crippen LogP contribution is 2.38. The maximum Gasteiger partial charge on any atom is 0.220 e. The Labute approximate surface area is 184 Å². The number of aryl methyl sites for hydroxylation is 1. The third-order valence-electron chi connectivity index (χ3n) is 4.61. The lowest BCUT2D eigenvalue weighted by atomic mass is 10.2. The van der Waals surface area contributed by atoms with E-state index in [4.69, 9.17) is 37.1 Å². The molecular formula is C22H20Cl2N2O4. The molecule has 0 saturated carbocycles. The van der Waals surface area contributed by atoms with Crippen molar-refractivity contribution in [2.24, 2.45) is 0 Å². The summed E-state index contributed by atoms with van der Waals surface area (Å²) in [4.78, 5) is 16.5. The van der Waals surface area contributed by atoms with Crippen molar-refractivity contribution in [3.8, 4) is 22.8 Å². The fraction of sp³-hybridized carbons (Fsp3) is 0.273. The molecule has 3 aromatic rings. The normalized spacial score (nSPS) is 13.0. The smallest absolute Gasteiger partial charge is 0.220 e. The van der Waals surface area contributed by atoms with Crippen LogP contribution in [-0.2, 0) is 17.8 Å². The molecule has 0 spiro atoms. The zero-order valence-corrected chi connectivity index (χ0v) is 17.6. The van der Waals surface area contributed by atoms with Crippen LogP contribution < -0.4 is 14.8 Å². The number of hydrogen-bond acceptors (Lipinski definition) is 5. The summed E-state index contributed by atoms with van der Waals surface area (Å²) in [5.41, 5.74) is 1.61. The highest BCUT2D eigenvalue weighted by atomic mass is 35.5. The van der Waals surface area contributed by atoms with Crippen molar-refractivity contribution in [3.63, 3.8) is 0 Å². The van der Waals surface area contributed by atoms with E-state index in [1.807, 2.05) is 24.3 Å². The summed E-state index contributed by atoms with van der Waals surface area (Å²) in [6.45, 7) is 1.49. The van der Waals surface area contributed by atoms with E-state index >= 15 is 0 Å². The number of nitrogens with zero attached hydrogens (tertiary/aromatic N) is 1. The first-order chi connectivity index (χ1) is 14.6. The van der Waals surface area contributed by atoms with E-state index in [9.17, 15) is 4.79 Å². The minimum Gasteiger partial charge on any atom is -0.489 e. The number of carbonyl (C=O) groups excluding carboxylic acids is 1. The second-order valence-electron chi connectivity index (χ2n) is 6.83. The molecule has 0 bridgehead atoms. The van der Waals surface area contributed by atoms with Crippen molar-refractivity contribution in [1.82, 2.24) is 10.3 Å². The molecule has 1 N–H and O–H groups in total. The average molecular weight is 447 g/mol. The molecule has 0 aliphatic carbocycles. The van der Waals surface area contributed by atoms with Gasteiger partial charge in [0.05, 0.1) is 29.5 Å². The number of fused-ring (bicyclic) bond motifs is 1. The third kappa shape index (κ3) is 4.89. The molecule has 0 fully saturated rings. The zero-order chi connectivity index (χ0) is 20.9. The average Bonchev–Trinajstić information content (AvgIpc) is 3.08. The maximum absolute atomic E-state index is 12.3. The Balaban J connectivity index is 1.31. The number of rotatable bonds is 6. The Kier molecular flexibility index (Phi) is 6.45. The Hall–Kier alpha value is -2.70. The molecule has 0 unspecified atom stereocenters. The van der Waals surface area contributed by atoms with Crippen LogP contribution in [0, 0.1) is 0 Å². The van der Waals surface area contributed by atoms with Crippen molar-refractivity contribution in [3.05, 3.63) is 64.1 Å². The van der Waals surface area contributed by atoms with E-state index in [0.29, 0.717) is 59.4 Å². The lowest BCUT2D eigenvalue weighted by Crippen LogP contribution is -2.23. The van der Waals surface area contributed by atoms with Gasteiger partial charge >= 0.3 is 0 Å². The van der Waals surface area contributed by atoms with Crippen LogP contribution in [0.15, 0.2) is 47.0 Å². The van der Waals surface area contributed by atoms with Crippen molar-refractivity contribution in [1.29, 1.82) is 0 Å². The van der Waals surface area contributed by atoms with Crippen LogP contribution in [0.3, 0.4) is 0 Å². The molecule has 1 aliphatic rings. The topological polar surface area (TPSA) is 73.6 Å². The van der Waals surface area contributed by atoms with E-state index in [1.54, 1.807) is 18.3 Å². The lowest BCUT2D eigenvalue weighted by molar-refractivity contribution is -0.121. The Morgan fingerprint density at radius 3 is 2.80 bits per heavy atom. The van der Waals surface area contributed by atoms with Gasteiger partial charge in [0, 0.05) is 31.4 Å². The van der Waals surface area contributed by atoms with Crippen molar-refractivity contribution in [2.75, 3.05) is 13.2 Å². The number of ether oxygens (including phenoxy) is 2. The SMILES string of the molecule is O=C(CCc1ncc(-c2ccccc2Cl)o1)NCc1cc(Cl)c2c(c1)OCCCO2. The number of oxazole rings is 1. The van der Waals surface area contributed by atoms with E-state index in [0.717, 1.165) is 17.5 Å². The standard InChI is InChI=1S/C22H20Cl2N2O4/c23-16-5-2-1-4-15(16)19-13-26-21(30-19)7-6-20(27)25-12-14-10-17(24)22-18(11-14)28-8-3-9-29-22/h1-2,4-5,10-11,13H,3,6-9,12H2,(H,25,27). The number of benzene rings is 2. The summed E-state index contributed by atoms with van der Waals surface area (Å²) in [6.07, 6.45) is 3.06. The summed E-state index contributed by atoms with van der Waals surface area (Å²) in [5, 5.41) is 3.95. The maximum atomic E-state index is 12.3. The number of halogens is 2. The summed E-state index contributed by atoms with van der Waals surface area (Å²) >= 11 is 12.5. The molecule has 8 heteroatoms. The van der Waals surface area contributed by atoms with Gasteiger partial charge < -0.3 is 19.2 Å². The monoisotopic (exact) mass is 446 g/mol. The van der Waals surface area contributed by atoms with Crippen LogP contribution in [0.25, 0.3) is 11.3 Å². The number of carbonyl (C=O) groups is 1. The van der Waals surface area contributed by atoms with Crippen LogP contribution in [0.2, 0.25) is 10.0 Å². The minimum absolute atomic E-state index is 0.115. The molecule has 1 amide bonds. The highest BCUT2D eigenvalue weighted by molar-refractivity contribution is 6.33. The third-order valence-corrected chi connectivity index (χ3v) is 5.22. The first kappa shape index (κ1) is 20.6. The van der Waals surface area contributed by atoms with Gasteiger partial charge in [0.15, 0.2) is 23.1 Å². The Morgan fingerprint density at radius 1 is 1.10 bits per heavy atom. The lowest BCUT2D eigenvalue weighted by Gasteiger charge is -2.12. The predicted molar refractivity (Wildman–Crippen MR) is 114 cm³/mol. The molecule has 30 heavy (non-hydrogen) atoms. The van der Waals surface area contributed by atoms with E-state index in [-0.39, 0.29) is 12.3 Å².